The van der Waals surface area contributed by atoms with Crippen LogP contribution >= 0.6 is 0 Å². The van der Waals surface area contributed by atoms with E-state index in [1.165, 1.54) is 12.8 Å². The number of carbonyl (C=O) groups is 2. The van der Waals surface area contributed by atoms with Crippen LogP contribution in [0.4, 0.5) is 0 Å². The molecule has 0 radical (unpaired) electrons. The van der Waals surface area contributed by atoms with Crippen LogP contribution in [0.2, 0.25) is 0 Å². The molecule has 1 atom stereocenters. The van der Waals surface area contributed by atoms with E-state index in [2.05, 4.69) is 9.97 Å². The monoisotopic (exact) mass is 449 g/mol. The van der Waals surface area contributed by atoms with Gasteiger partial charge in [-0.2, -0.15) is 0 Å². The van der Waals surface area contributed by atoms with Gasteiger partial charge in [-0.15, -0.1) is 0 Å². The molecule has 0 bridgehead atoms. The van der Waals surface area contributed by atoms with Crippen LogP contribution in [0.1, 0.15) is 84.8 Å². The normalized spacial score (nSPS) is 21.2. The molecule has 1 saturated heterocycles. The highest BCUT2D eigenvalue weighted by Crippen LogP contribution is 2.33. The maximum Gasteiger partial charge on any atom is 0.255 e. The van der Waals surface area contributed by atoms with Gasteiger partial charge < -0.3 is 14.8 Å². The Balaban J connectivity index is 1.38. The van der Waals surface area contributed by atoms with Crippen LogP contribution in [0, 0.1) is 5.92 Å². The first-order valence-electron chi connectivity index (χ1n) is 12.2. The molecule has 33 heavy (non-hydrogen) atoms. The third-order valence-corrected chi connectivity index (χ3v) is 7.36. The summed E-state index contributed by atoms with van der Waals surface area (Å²) in [6, 6.07) is 3.29. The highest BCUT2D eigenvalue weighted by Gasteiger charge is 2.33. The molecule has 3 aliphatic rings. The molecule has 8 heteroatoms. The van der Waals surface area contributed by atoms with Gasteiger partial charge in [-0.25, -0.2) is 4.98 Å². The zero-order valence-electron chi connectivity index (χ0n) is 19.0. The second kappa shape index (κ2) is 9.45. The number of likely N-dealkylation sites (tertiary alicyclic amines) is 1. The van der Waals surface area contributed by atoms with Crippen molar-refractivity contribution < 1.29 is 9.59 Å². The van der Waals surface area contributed by atoms with E-state index in [0.717, 1.165) is 32.1 Å². The lowest BCUT2D eigenvalue weighted by Gasteiger charge is -2.36. The van der Waals surface area contributed by atoms with Gasteiger partial charge in [-0.05, 0) is 56.6 Å². The number of amides is 2. The molecule has 8 nitrogen and oxygen atoms in total. The highest BCUT2D eigenvalue weighted by atomic mass is 16.2. The van der Waals surface area contributed by atoms with Crippen LogP contribution in [-0.2, 0) is 17.8 Å². The van der Waals surface area contributed by atoms with Crippen LogP contribution in [0.3, 0.4) is 0 Å². The maximum absolute atomic E-state index is 13.2. The van der Waals surface area contributed by atoms with Crippen molar-refractivity contribution in [2.24, 2.45) is 5.92 Å². The third kappa shape index (κ3) is 4.56. The zero-order valence-corrected chi connectivity index (χ0v) is 19.0. The summed E-state index contributed by atoms with van der Waals surface area (Å²) in [6.45, 7) is 1.48. The Labute approximate surface area is 193 Å². The molecule has 2 amide bonds. The van der Waals surface area contributed by atoms with Crippen molar-refractivity contribution in [2.45, 2.75) is 70.4 Å². The average Bonchev–Trinajstić information content (AvgIpc) is 3.36. The average molecular weight is 450 g/mol. The van der Waals surface area contributed by atoms with Gasteiger partial charge in [0.1, 0.15) is 5.82 Å². The number of rotatable bonds is 4. The Kier molecular flexibility index (Phi) is 6.24. The van der Waals surface area contributed by atoms with Crippen molar-refractivity contribution in [3.8, 4) is 0 Å². The molecule has 1 saturated carbocycles. The van der Waals surface area contributed by atoms with Crippen molar-refractivity contribution in [1.82, 2.24) is 24.8 Å². The first kappa shape index (κ1) is 21.8. The summed E-state index contributed by atoms with van der Waals surface area (Å²) in [5.74, 6) is 1.13. The largest absolute Gasteiger partial charge is 0.333 e. The van der Waals surface area contributed by atoms with E-state index in [0.29, 0.717) is 61.0 Å². The number of nitrogens with zero attached hydrogens (tertiary/aromatic N) is 4. The Bertz CT molecular complexity index is 1080. The van der Waals surface area contributed by atoms with Gasteiger partial charge in [0.2, 0.25) is 5.91 Å². The highest BCUT2D eigenvalue weighted by molar-refractivity contribution is 5.94. The summed E-state index contributed by atoms with van der Waals surface area (Å²) in [4.78, 5) is 54.5. The van der Waals surface area contributed by atoms with Crippen molar-refractivity contribution in [3.05, 3.63) is 57.5 Å². The molecule has 2 fully saturated rings. The number of nitrogens with one attached hydrogen (secondary N) is 1. The summed E-state index contributed by atoms with van der Waals surface area (Å²) in [6.07, 6.45) is 11.8. The number of carbonyl (C=O) groups excluding carboxylic acids is 2. The van der Waals surface area contributed by atoms with E-state index in [4.69, 9.17) is 4.98 Å². The molecular formula is C25H31N5O3. The first-order chi connectivity index (χ1) is 16.1. The van der Waals surface area contributed by atoms with Gasteiger partial charge in [0.05, 0.1) is 23.8 Å². The number of piperidine rings is 1. The minimum atomic E-state index is -0.199. The Morgan fingerprint density at radius 2 is 1.91 bits per heavy atom. The fourth-order valence-corrected chi connectivity index (χ4v) is 5.55. The SMILES string of the molecule is O=C(c1cccnc1)N1CCc2c(nc(C3CCCCN3C(=O)CC3CCCC3)[nH]c2=O)C1. The molecular weight excluding hydrogens is 418 g/mol. The standard InChI is InChI=1S/C25H31N5O3/c31-22(14-17-6-1-2-7-17)30-12-4-3-9-21(30)23-27-20-16-29(13-10-19(20)24(32)28-23)25(33)18-8-5-11-26-15-18/h5,8,11,15,17,21H,1-4,6-7,9-10,12-14,16H2,(H,27,28,32). The number of pyridine rings is 1. The van der Waals surface area contributed by atoms with E-state index in [1.807, 2.05) is 4.90 Å². The summed E-state index contributed by atoms with van der Waals surface area (Å²) in [5.41, 5.74) is 1.68. The fraction of sp³-hybridized carbons (Fsp3) is 0.560. The molecule has 2 aromatic rings. The lowest BCUT2D eigenvalue weighted by molar-refractivity contribution is -0.136. The number of H-pyrrole nitrogens is 1. The minimum Gasteiger partial charge on any atom is -0.333 e. The lowest BCUT2D eigenvalue weighted by atomic mass is 9.97. The number of aromatic amines is 1. The molecule has 2 aliphatic heterocycles. The minimum absolute atomic E-state index is 0.108. The van der Waals surface area contributed by atoms with Crippen LogP contribution in [0.25, 0.3) is 0 Å². The smallest absolute Gasteiger partial charge is 0.255 e. The zero-order chi connectivity index (χ0) is 22.8. The molecule has 0 spiro atoms. The lowest BCUT2D eigenvalue weighted by Crippen LogP contribution is -2.42. The second-order valence-electron chi connectivity index (χ2n) is 9.55. The quantitative estimate of drug-likeness (QED) is 0.774. The van der Waals surface area contributed by atoms with Gasteiger partial charge >= 0.3 is 0 Å². The van der Waals surface area contributed by atoms with Crippen LogP contribution in [-0.4, -0.2) is 49.7 Å². The fourth-order valence-electron chi connectivity index (χ4n) is 5.55. The molecule has 2 aromatic heterocycles. The second-order valence-corrected chi connectivity index (χ2v) is 9.55. The molecule has 1 unspecified atom stereocenters. The van der Waals surface area contributed by atoms with E-state index < -0.39 is 0 Å². The molecule has 0 aromatic carbocycles. The van der Waals surface area contributed by atoms with Crippen molar-refractivity contribution in [3.63, 3.8) is 0 Å². The predicted molar refractivity (Wildman–Crippen MR) is 122 cm³/mol. The van der Waals surface area contributed by atoms with E-state index >= 15 is 0 Å². The molecule has 1 N–H and O–H groups in total. The van der Waals surface area contributed by atoms with Crippen LogP contribution in [0.5, 0.6) is 0 Å². The summed E-state index contributed by atoms with van der Waals surface area (Å²) in [7, 11) is 0. The van der Waals surface area contributed by atoms with Crippen molar-refractivity contribution >= 4 is 11.8 Å². The van der Waals surface area contributed by atoms with E-state index in [1.54, 1.807) is 29.4 Å². The third-order valence-electron chi connectivity index (χ3n) is 7.36. The molecule has 1 aliphatic carbocycles. The van der Waals surface area contributed by atoms with Gasteiger partial charge in [-0.1, -0.05) is 12.8 Å². The molecule has 4 heterocycles. The predicted octanol–water partition coefficient (Wildman–Crippen LogP) is 3.00. The van der Waals surface area contributed by atoms with Gasteiger partial charge in [-0.3, -0.25) is 19.4 Å². The summed E-state index contributed by atoms with van der Waals surface area (Å²) >= 11 is 0. The van der Waals surface area contributed by atoms with E-state index in [-0.39, 0.29) is 23.4 Å². The summed E-state index contributed by atoms with van der Waals surface area (Å²) in [5, 5.41) is 0. The van der Waals surface area contributed by atoms with E-state index in [9.17, 15) is 14.4 Å². The maximum atomic E-state index is 13.2. The summed E-state index contributed by atoms with van der Waals surface area (Å²) < 4.78 is 0. The number of hydrogen-bond acceptors (Lipinski definition) is 5. The van der Waals surface area contributed by atoms with Crippen molar-refractivity contribution in [1.29, 1.82) is 0 Å². The van der Waals surface area contributed by atoms with Crippen molar-refractivity contribution in [2.75, 3.05) is 13.1 Å². The van der Waals surface area contributed by atoms with Crippen LogP contribution < -0.4 is 5.56 Å². The first-order valence-corrected chi connectivity index (χ1v) is 12.2. The van der Waals surface area contributed by atoms with Crippen LogP contribution in [0.15, 0.2) is 29.3 Å². The Morgan fingerprint density at radius 1 is 1.09 bits per heavy atom. The number of aromatic nitrogens is 3. The van der Waals surface area contributed by atoms with Gasteiger partial charge in [0.25, 0.3) is 11.5 Å². The number of fused-ring (bicyclic) bond motifs is 1. The van der Waals surface area contributed by atoms with Gasteiger partial charge in [0.15, 0.2) is 0 Å². The molecule has 174 valence electrons. The Morgan fingerprint density at radius 3 is 2.70 bits per heavy atom. The Hall–Kier alpha value is -3.03. The topological polar surface area (TPSA) is 99.3 Å². The van der Waals surface area contributed by atoms with Gasteiger partial charge in [0, 0.05) is 37.5 Å². The number of hydrogen-bond donors (Lipinski definition) is 1. The molecule has 5 rings (SSSR count).